The molecule has 2 fully saturated rings. The minimum atomic E-state index is -6.00. The topological polar surface area (TPSA) is 0 Å². The van der Waals surface area contributed by atoms with Crippen LogP contribution in [0.4, 0.5) is 17.3 Å². The Bertz CT molecular complexity index is 568. The van der Waals surface area contributed by atoms with E-state index in [1.807, 2.05) is 0 Å². The summed E-state index contributed by atoms with van der Waals surface area (Å²) in [7, 11) is -6.29. The Morgan fingerprint density at radius 2 is 0.700 bits per heavy atom. The normalized spacial score (nSPS) is 26.9. The molecular weight excluding hydrogens is 636 g/mol. The van der Waals surface area contributed by atoms with Crippen molar-refractivity contribution in [2.24, 2.45) is 23.7 Å². The van der Waals surface area contributed by atoms with Gasteiger partial charge in [-0.2, -0.15) is 0 Å². The SMILES string of the molecule is C1=C\CC/C=C\CC/1.CC(C)[C@H]1CC[C@H](C(C)C)[PH+]1CC[PH+]1[C@@H](C(C)C)CC[C@@H]1C(C)C.F[B-](F)(F)F.[CH3-].[CH3-].[Rh+3]. The van der Waals surface area contributed by atoms with Crippen LogP contribution in [0.2, 0.25) is 0 Å². The van der Waals surface area contributed by atoms with Crippen LogP contribution in [0.15, 0.2) is 24.3 Å². The smallest absolute Gasteiger partial charge is 0.418 e. The van der Waals surface area contributed by atoms with Crippen molar-refractivity contribution in [3.8, 4) is 0 Å². The molecule has 4 atom stereocenters. The van der Waals surface area contributed by atoms with Crippen LogP contribution in [0.5, 0.6) is 0 Å². The van der Waals surface area contributed by atoms with Gasteiger partial charge in [0.2, 0.25) is 0 Å². The number of rotatable bonds is 7. The molecule has 2 saturated heterocycles. The quantitative estimate of drug-likeness (QED) is 0.0816. The fraction of sp³-hybridized carbons (Fsp3) is 0.812. The van der Waals surface area contributed by atoms with E-state index in [4.69, 9.17) is 0 Å². The van der Waals surface area contributed by atoms with E-state index in [2.05, 4.69) is 79.7 Å². The van der Waals surface area contributed by atoms with Crippen molar-refractivity contribution in [3.05, 3.63) is 39.2 Å². The van der Waals surface area contributed by atoms with Crippen LogP contribution in [0, 0.1) is 38.5 Å². The van der Waals surface area contributed by atoms with Crippen LogP contribution in [-0.4, -0.2) is 42.2 Å². The maximum atomic E-state index is 9.75. The van der Waals surface area contributed by atoms with E-state index in [1.165, 1.54) is 25.7 Å². The molecular formula is C32H64BF4P2Rh+2. The summed E-state index contributed by atoms with van der Waals surface area (Å²) in [6.07, 6.45) is 23.5. The van der Waals surface area contributed by atoms with Gasteiger partial charge in [0.25, 0.3) is 0 Å². The van der Waals surface area contributed by atoms with Gasteiger partial charge >= 0.3 is 26.7 Å². The molecule has 240 valence electrons. The summed E-state index contributed by atoms with van der Waals surface area (Å²) in [5, 5.41) is 0. The van der Waals surface area contributed by atoms with Gasteiger partial charge in [-0.3, -0.25) is 0 Å². The molecule has 3 aliphatic rings. The van der Waals surface area contributed by atoms with E-state index in [9.17, 15) is 17.3 Å². The molecule has 0 radical (unpaired) electrons. The second-order valence-corrected chi connectivity index (χ2v) is 19.1. The molecule has 8 heteroatoms. The zero-order valence-electron chi connectivity index (χ0n) is 27.4. The first kappa shape index (κ1) is 45.2. The molecule has 40 heavy (non-hydrogen) atoms. The van der Waals surface area contributed by atoms with Gasteiger partial charge < -0.3 is 32.1 Å². The number of hydrogen-bond acceptors (Lipinski definition) is 0. The van der Waals surface area contributed by atoms with E-state index in [-0.39, 0.29) is 50.2 Å². The first-order valence-corrected chi connectivity index (χ1v) is 18.8. The molecule has 0 nitrogen and oxygen atoms in total. The average Bonchev–Trinajstić information content (AvgIpc) is 3.35. The van der Waals surface area contributed by atoms with Crippen molar-refractivity contribution >= 4 is 23.1 Å². The Hall–Kier alpha value is 0.748. The van der Waals surface area contributed by atoms with Gasteiger partial charge in [-0.25, -0.2) is 0 Å². The van der Waals surface area contributed by atoms with Crippen molar-refractivity contribution in [1.82, 2.24) is 0 Å². The van der Waals surface area contributed by atoms with Crippen molar-refractivity contribution in [1.29, 1.82) is 0 Å². The third-order valence-corrected chi connectivity index (χ3v) is 18.5. The van der Waals surface area contributed by atoms with Gasteiger partial charge in [0.15, 0.2) is 0 Å². The largest absolute Gasteiger partial charge is 3.00 e. The summed E-state index contributed by atoms with van der Waals surface area (Å²) in [6, 6.07) is 0. The molecule has 0 aromatic heterocycles. The summed E-state index contributed by atoms with van der Waals surface area (Å²) >= 11 is 0. The van der Waals surface area contributed by atoms with Gasteiger partial charge in [0, 0.05) is 15.8 Å². The van der Waals surface area contributed by atoms with Crippen LogP contribution >= 0.6 is 15.8 Å². The molecule has 0 amide bonds. The van der Waals surface area contributed by atoms with E-state index in [0.717, 1.165) is 46.3 Å². The van der Waals surface area contributed by atoms with E-state index in [0.29, 0.717) is 0 Å². The third kappa shape index (κ3) is 17.8. The van der Waals surface area contributed by atoms with E-state index in [1.54, 1.807) is 38.0 Å². The standard InChI is InChI=1S/C22H44P2.C8H12.2CH3.BF4.Rh/c1-15(2)19-9-10-20(16(3)4)23(19)13-14-24-21(17(5)6)11-12-22(24)18(7)8;1-2-4-6-8-7-5-3-1;;;2-1(3,4)5;/h15-22H,9-14H2,1-8H3;1-2,7-8H,3-6H2;2*1H3;;/q;;3*-1;+3/p+2/b;2-1-,8-7-;;;;/t19-,20-,21-,22-;;;;;/m1...../s1. The molecule has 0 N–H and O–H groups in total. The van der Waals surface area contributed by atoms with Crippen molar-refractivity contribution in [3.63, 3.8) is 0 Å². The second kappa shape index (κ2) is 23.2. The minimum Gasteiger partial charge on any atom is -0.418 e. The summed E-state index contributed by atoms with van der Waals surface area (Å²) in [6.45, 7) is 20.1. The molecule has 3 rings (SSSR count). The minimum absolute atomic E-state index is 0. The summed E-state index contributed by atoms with van der Waals surface area (Å²) in [4.78, 5) is 0. The van der Waals surface area contributed by atoms with Crippen molar-refractivity contribution in [2.45, 2.75) is 129 Å². The Morgan fingerprint density at radius 3 is 0.850 bits per heavy atom. The van der Waals surface area contributed by atoms with Crippen LogP contribution in [-0.2, 0) is 19.5 Å². The van der Waals surface area contributed by atoms with Gasteiger partial charge in [-0.15, -0.1) is 0 Å². The predicted molar refractivity (Wildman–Crippen MR) is 179 cm³/mol. The van der Waals surface area contributed by atoms with Crippen molar-refractivity contribution < 1.29 is 36.7 Å². The van der Waals surface area contributed by atoms with Crippen LogP contribution in [0.25, 0.3) is 0 Å². The Kier molecular flexibility index (Phi) is 26.2. The van der Waals surface area contributed by atoms with Gasteiger partial charge in [-0.1, -0.05) is 79.7 Å². The molecule has 0 aromatic carbocycles. The number of allylic oxidation sites excluding steroid dienone is 4. The fourth-order valence-corrected chi connectivity index (χ4v) is 17.4. The number of halogens is 4. The Labute approximate surface area is 263 Å². The molecule has 0 saturated carbocycles. The van der Waals surface area contributed by atoms with Gasteiger partial charge in [-0.05, 0) is 75.0 Å². The summed E-state index contributed by atoms with van der Waals surface area (Å²) < 4.78 is 39.0. The fourth-order valence-electron chi connectivity index (χ4n) is 6.94. The average molecular weight is 701 g/mol. The molecule has 0 bridgehead atoms. The summed E-state index contributed by atoms with van der Waals surface area (Å²) in [5.74, 6) is 3.74. The van der Waals surface area contributed by atoms with Gasteiger partial charge in [0.1, 0.15) is 0 Å². The molecule has 0 aromatic rings. The maximum Gasteiger partial charge on any atom is 3.00 e. The monoisotopic (exact) mass is 700 g/mol. The van der Waals surface area contributed by atoms with E-state index < -0.39 is 7.25 Å². The van der Waals surface area contributed by atoms with E-state index >= 15 is 0 Å². The maximum absolute atomic E-state index is 9.75. The molecule has 0 unspecified atom stereocenters. The molecule has 1 aliphatic carbocycles. The Balaban J connectivity index is -0.000000713. The second-order valence-electron chi connectivity index (χ2n) is 12.8. The third-order valence-electron chi connectivity index (χ3n) is 8.74. The van der Waals surface area contributed by atoms with Crippen LogP contribution in [0.3, 0.4) is 0 Å². The Morgan fingerprint density at radius 1 is 0.525 bits per heavy atom. The zero-order chi connectivity index (χ0) is 28.2. The number of hydrogen-bond donors (Lipinski definition) is 0. The molecule has 2 aliphatic heterocycles. The first-order valence-electron chi connectivity index (χ1n) is 15.1. The van der Waals surface area contributed by atoms with Crippen LogP contribution in [0.1, 0.15) is 107 Å². The first-order chi connectivity index (χ1) is 17.2. The van der Waals surface area contributed by atoms with Gasteiger partial charge in [0.05, 0.1) is 35.0 Å². The molecule has 2 heterocycles. The zero-order valence-corrected chi connectivity index (χ0v) is 31.1. The summed E-state index contributed by atoms with van der Waals surface area (Å²) in [5.41, 5.74) is 4.45. The predicted octanol–water partition coefficient (Wildman–Crippen LogP) is 12.0. The molecule has 0 spiro atoms. The van der Waals surface area contributed by atoms with Crippen LogP contribution < -0.4 is 0 Å². The van der Waals surface area contributed by atoms with Crippen molar-refractivity contribution in [2.75, 3.05) is 12.3 Å².